The van der Waals surface area contributed by atoms with Gasteiger partial charge in [-0.05, 0) is 31.4 Å². The van der Waals surface area contributed by atoms with Gasteiger partial charge in [0.15, 0.2) is 0 Å². The average molecular weight is 293 g/mol. The number of nitrogens with zero attached hydrogens (tertiary/aromatic N) is 3. The lowest BCUT2D eigenvalue weighted by molar-refractivity contribution is 0.0578. The number of H-pyrrole nitrogens is 1. The van der Waals surface area contributed by atoms with Crippen molar-refractivity contribution in [2.45, 2.75) is 31.8 Å². The van der Waals surface area contributed by atoms with E-state index in [4.69, 9.17) is 11.6 Å². The van der Waals surface area contributed by atoms with Crippen molar-refractivity contribution >= 4 is 17.5 Å². The zero-order chi connectivity index (χ0) is 13.9. The van der Waals surface area contributed by atoms with E-state index in [1.165, 1.54) is 0 Å². The fourth-order valence-corrected chi connectivity index (χ4v) is 2.89. The Morgan fingerprint density at radius 1 is 1.50 bits per heavy atom. The first kappa shape index (κ1) is 13.2. The number of aromatic nitrogens is 3. The summed E-state index contributed by atoms with van der Waals surface area (Å²) in [7, 11) is 0. The molecule has 0 aromatic carbocycles. The van der Waals surface area contributed by atoms with Gasteiger partial charge in [0.1, 0.15) is 5.69 Å². The van der Waals surface area contributed by atoms with Crippen LogP contribution in [-0.4, -0.2) is 38.2 Å². The molecule has 1 aliphatic heterocycles. The molecule has 0 saturated carbocycles. The molecule has 2 aromatic rings. The van der Waals surface area contributed by atoms with Crippen molar-refractivity contribution in [1.82, 2.24) is 19.7 Å². The number of halogens is 1. The fraction of sp³-hybridized carbons (Fsp3) is 0.429. The highest BCUT2D eigenvalue weighted by Crippen LogP contribution is 2.21. The van der Waals surface area contributed by atoms with E-state index in [9.17, 15) is 4.79 Å². The quantitative estimate of drug-likeness (QED) is 0.945. The largest absolute Gasteiger partial charge is 0.356 e. The van der Waals surface area contributed by atoms with Crippen LogP contribution in [-0.2, 0) is 6.54 Å². The molecule has 5 nitrogen and oxygen atoms in total. The third-order valence-electron chi connectivity index (χ3n) is 3.72. The lowest BCUT2D eigenvalue weighted by atomic mass is 10.0. The van der Waals surface area contributed by atoms with Crippen LogP contribution in [0.5, 0.6) is 0 Å². The molecule has 0 spiro atoms. The van der Waals surface area contributed by atoms with E-state index in [2.05, 4.69) is 10.1 Å². The van der Waals surface area contributed by atoms with Gasteiger partial charge >= 0.3 is 0 Å². The molecule has 0 radical (unpaired) electrons. The Balaban J connectivity index is 1.76. The maximum atomic E-state index is 12.6. The molecule has 0 bridgehead atoms. The van der Waals surface area contributed by atoms with Crippen molar-refractivity contribution < 1.29 is 4.79 Å². The van der Waals surface area contributed by atoms with Crippen molar-refractivity contribution in [3.05, 3.63) is 41.4 Å². The number of carbonyl (C=O) groups excluding carboxylic acids is 1. The van der Waals surface area contributed by atoms with Gasteiger partial charge in [-0.25, -0.2) is 0 Å². The van der Waals surface area contributed by atoms with Crippen LogP contribution >= 0.6 is 11.6 Å². The molecule has 1 N–H and O–H groups in total. The lowest BCUT2D eigenvalue weighted by Crippen LogP contribution is -2.46. The molecule has 1 saturated heterocycles. The molecule has 0 unspecified atom stereocenters. The number of carbonyl (C=O) groups is 1. The first-order chi connectivity index (χ1) is 9.74. The van der Waals surface area contributed by atoms with E-state index in [1.54, 1.807) is 18.5 Å². The van der Waals surface area contributed by atoms with Gasteiger partial charge in [-0.1, -0.05) is 11.6 Å². The monoisotopic (exact) mass is 292 g/mol. The minimum absolute atomic E-state index is 0.0220. The Labute approximate surface area is 122 Å². The number of likely N-dealkylation sites (tertiary alicyclic amines) is 1. The topological polar surface area (TPSA) is 53.9 Å². The van der Waals surface area contributed by atoms with E-state index in [0.29, 0.717) is 10.7 Å². The zero-order valence-corrected chi connectivity index (χ0v) is 11.9. The maximum Gasteiger partial charge on any atom is 0.270 e. The van der Waals surface area contributed by atoms with Crippen LogP contribution in [0.1, 0.15) is 29.8 Å². The summed E-state index contributed by atoms with van der Waals surface area (Å²) in [4.78, 5) is 17.4. The van der Waals surface area contributed by atoms with Crippen LogP contribution in [0.3, 0.4) is 0 Å². The second kappa shape index (κ2) is 5.71. The molecule has 1 atom stereocenters. The Morgan fingerprint density at radius 3 is 3.10 bits per heavy atom. The summed E-state index contributed by atoms with van der Waals surface area (Å²) < 4.78 is 1.89. The predicted molar refractivity (Wildman–Crippen MR) is 76.7 cm³/mol. The number of piperidine rings is 1. The molecular formula is C14H17ClN4O. The SMILES string of the molecule is O=C(c1cc(Cl)c[nH]1)N1CCCC[C@@H]1Cn1cccn1. The van der Waals surface area contributed by atoms with E-state index in [-0.39, 0.29) is 11.9 Å². The van der Waals surface area contributed by atoms with Crippen molar-refractivity contribution in [3.8, 4) is 0 Å². The molecule has 3 rings (SSSR count). The standard InChI is InChI=1S/C14H17ClN4O/c15-11-8-13(16-9-11)14(20)19-7-2-1-4-12(19)10-18-6-3-5-17-18/h3,5-6,8-9,12,16H,1-2,4,7,10H2/t12-/m1/s1. The Morgan fingerprint density at radius 2 is 2.40 bits per heavy atom. The number of amides is 1. The highest BCUT2D eigenvalue weighted by molar-refractivity contribution is 6.30. The Kier molecular flexibility index (Phi) is 3.78. The molecule has 1 fully saturated rings. The van der Waals surface area contributed by atoms with Crippen LogP contribution in [0, 0.1) is 0 Å². The summed E-state index contributed by atoms with van der Waals surface area (Å²) in [5, 5.41) is 4.79. The van der Waals surface area contributed by atoms with Gasteiger partial charge in [0.2, 0.25) is 0 Å². The Hall–Kier alpha value is -1.75. The third-order valence-corrected chi connectivity index (χ3v) is 3.94. The zero-order valence-electron chi connectivity index (χ0n) is 11.1. The predicted octanol–water partition coefficient (Wildman–Crippen LogP) is 2.56. The first-order valence-corrected chi connectivity index (χ1v) is 7.24. The second-order valence-electron chi connectivity index (χ2n) is 5.11. The van der Waals surface area contributed by atoms with Crippen LogP contribution in [0.4, 0.5) is 0 Å². The molecule has 106 valence electrons. The van der Waals surface area contributed by atoms with Crippen LogP contribution in [0.25, 0.3) is 0 Å². The van der Waals surface area contributed by atoms with E-state index >= 15 is 0 Å². The van der Waals surface area contributed by atoms with E-state index in [0.717, 1.165) is 32.4 Å². The van der Waals surface area contributed by atoms with Gasteiger partial charge in [-0.3, -0.25) is 9.48 Å². The van der Waals surface area contributed by atoms with E-state index < -0.39 is 0 Å². The van der Waals surface area contributed by atoms with Crippen molar-refractivity contribution in [1.29, 1.82) is 0 Å². The van der Waals surface area contributed by atoms with Gasteiger partial charge in [-0.15, -0.1) is 0 Å². The summed E-state index contributed by atoms with van der Waals surface area (Å²) in [5.74, 6) is 0.0220. The molecule has 2 aromatic heterocycles. The van der Waals surface area contributed by atoms with Gasteiger partial charge in [0, 0.05) is 25.1 Å². The summed E-state index contributed by atoms with van der Waals surface area (Å²) in [6, 6.07) is 3.78. The number of rotatable bonds is 3. The van der Waals surface area contributed by atoms with Crippen molar-refractivity contribution in [3.63, 3.8) is 0 Å². The van der Waals surface area contributed by atoms with Gasteiger partial charge < -0.3 is 9.88 Å². The minimum atomic E-state index is 0.0220. The molecule has 3 heterocycles. The normalized spacial score (nSPS) is 19.2. The highest BCUT2D eigenvalue weighted by atomic mass is 35.5. The van der Waals surface area contributed by atoms with Crippen LogP contribution in [0.15, 0.2) is 30.7 Å². The molecular weight excluding hydrogens is 276 g/mol. The lowest BCUT2D eigenvalue weighted by Gasteiger charge is -2.35. The third kappa shape index (κ3) is 2.72. The van der Waals surface area contributed by atoms with Crippen molar-refractivity contribution in [2.75, 3.05) is 6.54 Å². The molecule has 0 aliphatic carbocycles. The van der Waals surface area contributed by atoms with Crippen LogP contribution in [0.2, 0.25) is 5.02 Å². The number of aromatic amines is 1. The average Bonchev–Trinajstić information content (AvgIpc) is 3.10. The van der Waals surface area contributed by atoms with Gasteiger partial charge in [0.25, 0.3) is 5.91 Å². The summed E-state index contributed by atoms with van der Waals surface area (Å²) in [5.41, 5.74) is 0.558. The summed E-state index contributed by atoms with van der Waals surface area (Å²) in [6.07, 6.45) is 8.56. The maximum absolute atomic E-state index is 12.6. The summed E-state index contributed by atoms with van der Waals surface area (Å²) >= 11 is 5.88. The second-order valence-corrected chi connectivity index (χ2v) is 5.54. The van der Waals surface area contributed by atoms with Gasteiger partial charge in [-0.2, -0.15) is 5.10 Å². The Bertz CT molecular complexity index is 578. The molecule has 1 aliphatic rings. The molecule has 20 heavy (non-hydrogen) atoms. The first-order valence-electron chi connectivity index (χ1n) is 6.86. The van der Waals surface area contributed by atoms with E-state index in [1.807, 2.05) is 21.8 Å². The van der Waals surface area contributed by atoms with Crippen molar-refractivity contribution in [2.24, 2.45) is 0 Å². The number of nitrogens with one attached hydrogen (secondary N) is 1. The fourth-order valence-electron chi connectivity index (χ4n) is 2.73. The summed E-state index contributed by atoms with van der Waals surface area (Å²) in [6.45, 7) is 1.54. The van der Waals surface area contributed by atoms with Crippen LogP contribution < -0.4 is 0 Å². The number of hydrogen-bond donors (Lipinski definition) is 1. The minimum Gasteiger partial charge on any atom is -0.356 e. The number of hydrogen-bond acceptors (Lipinski definition) is 2. The molecule has 6 heteroatoms. The highest BCUT2D eigenvalue weighted by Gasteiger charge is 2.28. The smallest absolute Gasteiger partial charge is 0.270 e. The molecule has 1 amide bonds. The van der Waals surface area contributed by atoms with Gasteiger partial charge in [0.05, 0.1) is 17.6 Å².